The number of amides is 1. The number of piperidine rings is 1. The van der Waals surface area contributed by atoms with Gasteiger partial charge in [0.15, 0.2) is 0 Å². The molecule has 3 aromatic rings. The molecule has 29 heavy (non-hydrogen) atoms. The summed E-state index contributed by atoms with van der Waals surface area (Å²) in [5.74, 6) is 1.55. The van der Waals surface area contributed by atoms with E-state index in [9.17, 15) is 9.18 Å². The van der Waals surface area contributed by atoms with Crippen LogP contribution in [0.2, 0.25) is 0 Å². The van der Waals surface area contributed by atoms with Crippen LogP contribution < -0.4 is 0 Å². The van der Waals surface area contributed by atoms with Gasteiger partial charge in [0.05, 0.1) is 11.5 Å². The average Bonchev–Trinajstić information content (AvgIpc) is 3.25. The van der Waals surface area contributed by atoms with Crippen molar-refractivity contribution in [3.63, 3.8) is 0 Å². The number of rotatable bonds is 5. The van der Waals surface area contributed by atoms with Crippen molar-refractivity contribution in [1.29, 1.82) is 0 Å². The normalized spacial score (nSPS) is 16.8. The van der Waals surface area contributed by atoms with E-state index in [1.54, 1.807) is 23.9 Å². The van der Waals surface area contributed by atoms with Gasteiger partial charge in [-0.15, -0.1) is 22.0 Å². The van der Waals surface area contributed by atoms with E-state index in [0.29, 0.717) is 23.9 Å². The SMILES string of the molecule is CCSc1ccccc1C(=O)N1CCCC(c2nnc(-c3ccc(F)cc3)o2)C1. The number of aromatic nitrogens is 2. The molecule has 1 aliphatic rings. The van der Waals surface area contributed by atoms with Crippen molar-refractivity contribution in [2.24, 2.45) is 0 Å². The highest BCUT2D eigenvalue weighted by Crippen LogP contribution is 2.30. The molecule has 1 unspecified atom stereocenters. The van der Waals surface area contributed by atoms with Crippen LogP contribution in [0.3, 0.4) is 0 Å². The Morgan fingerprint density at radius 1 is 1.21 bits per heavy atom. The molecule has 0 bridgehead atoms. The van der Waals surface area contributed by atoms with Gasteiger partial charge >= 0.3 is 0 Å². The third kappa shape index (κ3) is 4.34. The van der Waals surface area contributed by atoms with Gasteiger partial charge in [-0.2, -0.15) is 0 Å². The van der Waals surface area contributed by atoms with Crippen molar-refractivity contribution in [3.05, 3.63) is 65.8 Å². The van der Waals surface area contributed by atoms with Crippen LogP contribution in [0, 0.1) is 5.82 Å². The molecule has 0 N–H and O–H groups in total. The lowest BCUT2D eigenvalue weighted by Gasteiger charge is -2.31. The first-order valence-corrected chi connectivity index (χ1v) is 10.7. The summed E-state index contributed by atoms with van der Waals surface area (Å²) in [6, 6.07) is 13.7. The maximum absolute atomic E-state index is 13.1. The van der Waals surface area contributed by atoms with Crippen LogP contribution in [0.1, 0.15) is 41.9 Å². The van der Waals surface area contributed by atoms with Crippen molar-refractivity contribution < 1.29 is 13.6 Å². The third-order valence-electron chi connectivity index (χ3n) is 5.01. The first-order valence-electron chi connectivity index (χ1n) is 9.76. The van der Waals surface area contributed by atoms with E-state index in [2.05, 4.69) is 17.1 Å². The maximum Gasteiger partial charge on any atom is 0.255 e. The minimum absolute atomic E-state index is 0.000360. The minimum Gasteiger partial charge on any atom is -0.420 e. The molecular weight excluding hydrogens is 389 g/mol. The third-order valence-corrected chi connectivity index (χ3v) is 5.96. The molecule has 0 spiro atoms. The molecule has 0 radical (unpaired) electrons. The Labute approximate surface area is 173 Å². The van der Waals surface area contributed by atoms with Crippen molar-refractivity contribution in [3.8, 4) is 11.5 Å². The van der Waals surface area contributed by atoms with Crippen molar-refractivity contribution >= 4 is 17.7 Å². The summed E-state index contributed by atoms with van der Waals surface area (Å²) < 4.78 is 19.0. The van der Waals surface area contributed by atoms with Crippen LogP contribution in [0.25, 0.3) is 11.5 Å². The van der Waals surface area contributed by atoms with Gasteiger partial charge in [0, 0.05) is 23.5 Å². The molecule has 1 amide bonds. The molecule has 1 aromatic heterocycles. The highest BCUT2D eigenvalue weighted by Gasteiger charge is 2.29. The molecule has 1 fully saturated rings. The Bertz CT molecular complexity index is 990. The Morgan fingerprint density at radius 2 is 2.00 bits per heavy atom. The first-order chi connectivity index (χ1) is 14.2. The van der Waals surface area contributed by atoms with Crippen LogP contribution in [-0.4, -0.2) is 39.8 Å². The van der Waals surface area contributed by atoms with Gasteiger partial charge in [0.2, 0.25) is 11.8 Å². The summed E-state index contributed by atoms with van der Waals surface area (Å²) in [6.45, 7) is 3.35. The number of halogens is 1. The van der Waals surface area contributed by atoms with Crippen molar-refractivity contribution in [2.75, 3.05) is 18.8 Å². The van der Waals surface area contributed by atoms with Gasteiger partial charge in [-0.05, 0) is 55.0 Å². The van der Waals surface area contributed by atoms with Crippen molar-refractivity contribution in [1.82, 2.24) is 15.1 Å². The summed E-state index contributed by atoms with van der Waals surface area (Å²) in [7, 11) is 0. The molecule has 7 heteroatoms. The summed E-state index contributed by atoms with van der Waals surface area (Å²) >= 11 is 1.68. The number of thioether (sulfide) groups is 1. The highest BCUT2D eigenvalue weighted by molar-refractivity contribution is 7.99. The summed E-state index contributed by atoms with van der Waals surface area (Å²) in [5.41, 5.74) is 1.43. The zero-order chi connectivity index (χ0) is 20.2. The van der Waals surface area contributed by atoms with E-state index < -0.39 is 0 Å². The standard InChI is InChI=1S/C22H22FN3O2S/c1-2-29-19-8-4-3-7-18(19)22(27)26-13-5-6-16(14-26)21-25-24-20(28-21)15-9-11-17(23)12-10-15/h3-4,7-12,16H,2,5-6,13-14H2,1H3. The van der Waals surface area contributed by atoms with Gasteiger partial charge in [-0.1, -0.05) is 19.1 Å². The lowest BCUT2D eigenvalue weighted by molar-refractivity contribution is 0.0695. The van der Waals surface area contributed by atoms with Gasteiger partial charge in [0.25, 0.3) is 5.91 Å². The number of carbonyl (C=O) groups excluding carboxylic acids is 1. The highest BCUT2D eigenvalue weighted by atomic mass is 32.2. The second kappa shape index (κ2) is 8.78. The quantitative estimate of drug-likeness (QED) is 0.553. The summed E-state index contributed by atoms with van der Waals surface area (Å²) in [6.07, 6.45) is 1.77. The molecule has 1 aliphatic heterocycles. The maximum atomic E-state index is 13.1. The fourth-order valence-electron chi connectivity index (χ4n) is 3.57. The predicted molar refractivity (Wildman–Crippen MR) is 110 cm³/mol. The summed E-state index contributed by atoms with van der Waals surface area (Å²) in [5, 5.41) is 8.31. The van der Waals surface area contributed by atoms with E-state index >= 15 is 0 Å². The average molecular weight is 412 g/mol. The van der Waals surface area contributed by atoms with Gasteiger partial charge < -0.3 is 9.32 Å². The molecule has 2 aromatic carbocycles. The van der Waals surface area contributed by atoms with Crippen LogP contribution in [0.4, 0.5) is 4.39 Å². The molecule has 1 saturated heterocycles. The second-order valence-corrected chi connectivity index (χ2v) is 8.28. The zero-order valence-corrected chi connectivity index (χ0v) is 17.0. The Kier molecular flexibility index (Phi) is 5.94. The fourth-order valence-corrected chi connectivity index (χ4v) is 4.36. The number of hydrogen-bond donors (Lipinski definition) is 0. The number of benzene rings is 2. The minimum atomic E-state index is -0.309. The largest absolute Gasteiger partial charge is 0.420 e. The van der Waals surface area contributed by atoms with E-state index in [4.69, 9.17) is 4.42 Å². The number of nitrogens with zero attached hydrogens (tertiary/aromatic N) is 3. The van der Waals surface area contributed by atoms with E-state index in [0.717, 1.165) is 35.6 Å². The lowest BCUT2D eigenvalue weighted by Crippen LogP contribution is -2.39. The molecular formula is C22H22FN3O2S. The van der Waals surface area contributed by atoms with E-state index in [-0.39, 0.29) is 17.6 Å². The van der Waals surface area contributed by atoms with Crippen LogP contribution in [-0.2, 0) is 0 Å². The molecule has 0 saturated carbocycles. The van der Waals surface area contributed by atoms with E-state index in [1.165, 1.54) is 12.1 Å². The number of hydrogen-bond acceptors (Lipinski definition) is 5. The van der Waals surface area contributed by atoms with Gasteiger partial charge in [0.1, 0.15) is 5.82 Å². The second-order valence-electron chi connectivity index (χ2n) is 6.97. The van der Waals surface area contributed by atoms with Crippen LogP contribution in [0.15, 0.2) is 57.8 Å². The first kappa shape index (κ1) is 19.6. The molecule has 5 nitrogen and oxygen atoms in total. The topological polar surface area (TPSA) is 59.2 Å². The van der Waals surface area contributed by atoms with Crippen LogP contribution in [0.5, 0.6) is 0 Å². The molecule has 4 rings (SSSR count). The molecule has 150 valence electrons. The van der Waals surface area contributed by atoms with Crippen molar-refractivity contribution in [2.45, 2.75) is 30.6 Å². The monoisotopic (exact) mass is 411 g/mol. The molecule has 0 aliphatic carbocycles. The number of likely N-dealkylation sites (tertiary alicyclic amines) is 1. The Morgan fingerprint density at radius 3 is 2.79 bits per heavy atom. The smallest absolute Gasteiger partial charge is 0.255 e. The fraction of sp³-hybridized carbons (Fsp3) is 0.318. The summed E-state index contributed by atoms with van der Waals surface area (Å²) in [4.78, 5) is 16.0. The van der Waals surface area contributed by atoms with Gasteiger partial charge in [-0.25, -0.2) is 4.39 Å². The Hall–Kier alpha value is -2.67. The van der Waals surface area contributed by atoms with Gasteiger partial charge in [-0.3, -0.25) is 4.79 Å². The lowest BCUT2D eigenvalue weighted by atomic mass is 9.97. The van der Waals surface area contributed by atoms with Crippen LogP contribution >= 0.6 is 11.8 Å². The number of carbonyl (C=O) groups is 1. The van der Waals surface area contributed by atoms with E-state index in [1.807, 2.05) is 29.2 Å². The molecule has 1 atom stereocenters. The Balaban J connectivity index is 1.50. The zero-order valence-electron chi connectivity index (χ0n) is 16.2. The molecule has 2 heterocycles. The predicted octanol–water partition coefficient (Wildman–Crippen LogP) is 5.01.